The fourth-order valence-electron chi connectivity index (χ4n) is 0.818. The van der Waals surface area contributed by atoms with Crippen molar-refractivity contribution >= 4 is 0 Å². The fourth-order valence-corrected chi connectivity index (χ4v) is 0.818. The van der Waals surface area contributed by atoms with Crippen LogP contribution in [0.2, 0.25) is 0 Å². The normalized spacial score (nSPS) is 15.2. The van der Waals surface area contributed by atoms with Gasteiger partial charge in [0, 0.05) is 6.61 Å². The van der Waals surface area contributed by atoms with E-state index >= 15 is 0 Å². The van der Waals surface area contributed by atoms with E-state index in [1.807, 2.05) is 13.8 Å². The summed E-state index contributed by atoms with van der Waals surface area (Å²) < 4.78 is 5.26. The molecule has 0 aliphatic carbocycles. The van der Waals surface area contributed by atoms with E-state index in [0.717, 1.165) is 6.42 Å². The van der Waals surface area contributed by atoms with Crippen molar-refractivity contribution < 1.29 is 9.84 Å². The molecule has 0 saturated heterocycles. The smallest absolute Gasteiger partial charge is 0.146 e. The summed E-state index contributed by atoms with van der Waals surface area (Å²) in [6.45, 7) is 4.62. The molecule has 0 bridgehead atoms. The van der Waals surface area contributed by atoms with Crippen molar-refractivity contribution in [1.82, 2.24) is 0 Å². The van der Waals surface area contributed by atoms with Gasteiger partial charge in [0.1, 0.15) is 6.10 Å². The average molecular weight is 171 g/mol. The van der Waals surface area contributed by atoms with Crippen molar-refractivity contribution in [2.24, 2.45) is 5.92 Å². The van der Waals surface area contributed by atoms with Crippen LogP contribution < -0.4 is 0 Å². The SMILES string of the molecule is CCC(C)C(C#N)OCCCO. The van der Waals surface area contributed by atoms with Gasteiger partial charge in [0.15, 0.2) is 0 Å². The topological polar surface area (TPSA) is 53.2 Å². The van der Waals surface area contributed by atoms with Gasteiger partial charge in [0.2, 0.25) is 0 Å². The zero-order valence-corrected chi connectivity index (χ0v) is 7.79. The van der Waals surface area contributed by atoms with Crippen LogP contribution in [0.25, 0.3) is 0 Å². The fraction of sp³-hybridized carbons (Fsp3) is 0.889. The highest BCUT2D eigenvalue weighted by Gasteiger charge is 2.14. The number of rotatable bonds is 6. The van der Waals surface area contributed by atoms with Gasteiger partial charge in [-0.3, -0.25) is 0 Å². The molecule has 2 unspecified atom stereocenters. The third kappa shape index (κ3) is 4.32. The summed E-state index contributed by atoms with van der Waals surface area (Å²) in [5.74, 6) is 0.272. The minimum atomic E-state index is -0.318. The van der Waals surface area contributed by atoms with Crippen molar-refractivity contribution in [3.8, 4) is 6.07 Å². The predicted octanol–water partition coefficient (Wildman–Crippen LogP) is 1.32. The van der Waals surface area contributed by atoms with Crippen LogP contribution >= 0.6 is 0 Å². The first-order valence-corrected chi connectivity index (χ1v) is 4.38. The van der Waals surface area contributed by atoms with Gasteiger partial charge in [-0.1, -0.05) is 20.3 Å². The van der Waals surface area contributed by atoms with E-state index < -0.39 is 0 Å². The van der Waals surface area contributed by atoms with E-state index in [0.29, 0.717) is 13.0 Å². The van der Waals surface area contributed by atoms with Gasteiger partial charge in [-0.15, -0.1) is 0 Å². The van der Waals surface area contributed by atoms with Crippen LogP contribution in [0.5, 0.6) is 0 Å². The zero-order valence-electron chi connectivity index (χ0n) is 7.79. The monoisotopic (exact) mass is 171 g/mol. The molecule has 0 saturated carbocycles. The lowest BCUT2D eigenvalue weighted by atomic mass is 10.0. The molecule has 0 radical (unpaired) electrons. The molecule has 3 heteroatoms. The molecule has 0 aliphatic heterocycles. The van der Waals surface area contributed by atoms with Crippen LogP contribution in [0.3, 0.4) is 0 Å². The lowest BCUT2D eigenvalue weighted by Crippen LogP contribution is -2.20. The molecule has 1 N–H and O–H groups in total. The summed E-state index contributed by atoms with van der Waals surface area (Å²) in [5.41, 5.74) is 0. The summed E-state index contributed by atoms with van der Waals surface area (Å²) in [6, 6.07) is 2.11. The van der Waals surface area contributed by atoms with E-state index in [9.17, 15) is 0 Å². The minimum Gasteiger partial charge on any atom is -0.396 e. The molecular weight excluding hydrogens is 154 g/mol. The first-order chi connectivity index (χ1) is 5.76. The second-order valence-corrected chi connectivity index (χ2v) is 2.88. The third-order valence-corrected chi connectivity index (χ3v) is 1.89. The summed E-state index contributed by atoms with van der Waals surface area (Å²) in [7, 11) is 0. The van der Waals surface area contributed by atoms with Crippen molar-refractivity contribution in [3.05, 3.63) is 0 Å². The summed E-state index contributed by atoms with van der Waals surface area (Å²) in [4.78, 5) is 0. The molecule has 0 aromatic carbocycles. The van der Waals surface area contributed by atoms with Gasteiger partial charge < -0.3 is 9.84 Å². The molecule has 3 nitrogen and oxygen atoms in total. The molecule has 70 valence electrons. The molecule has 2 atom stereocenters. The Bertz CT molecular complexity index is 142. The Morgan fingerprint density at radius 1 is 1.58 bits per heavy atom. The van der Waals surface area contributed by atoms with E-state index in [1.165, 1.54) is 0 Å². The van der Waals surface area contributed by atoms with E-state index in [-0.39, 0.29) is 18.6 Å². The van der Waals surface area contributed by atoms with Crippen LogP contribution in [-0.4, -0.2) is 24.4 Å². The van der Waals surface area contributed by atoms with Crippen molar-refractivity contribution in [2.75, 3.05) is 13.2 Å². The Labute approximate surface area is 74.0 Å². The predicted molar refractivity (Wildman–Crippen MR) is 46.5 cm³/mol. The highest BCUT2D eigenvalue weighted by atomic mass is 16.5. The number of nitriles is 1. The van der Waals surface area contributed by atoms with Crippen molar-refractivity contribution in [1.29, 1.82) is 5.26 Å². The molecule has 0 rings (SSSR count). The highest BCUT2D eigenvalue weighted by Crippen LogP contribution is 2.10. The summed E-state index contributed by atoms with van der Waals surface area (Å²) in [6.07, 6.45) is 1.23. The van der Waals surface area contributed by atoms with Gasteiger partial charge >= 0.3 is 0 Å². The lowest BCUT2D eigenvalue weighted by molar-refractivity contribution is 0.0451. The highest BCUT2D eigenvalue weighted by molar-refractivity contribution is 4.87. The molecule has 0 heterocycles. The second kappa shape index (κ2) is 7.08. The largest absolute Gasteiger partial charge is 0.396 e. The number of aliphatic hydroxyl groups excluding tert-OH is 1. The minimum absolute atomic E-state index is 0.124. The van der Waals surface area contributed by atoms with Crippen LogP contribution in [-0.2, 0) is 4.74 Å². The van der Waals surface area contributed by atoms with Gasteiger partial charge in [0.05, 0.1) is 12.7 Å². The maximum atomic E-state index is 8.69. The standard InChI is InChI=1S/C9H17NO2/c1-3-8(2)9(7-10)12-6-4-5-11/h8-9,11H,3-6H2,1-2H3. The number of ether oxygens (including phenoxy) is 1. The molecule has 0 spiro atoms. The van der Waals surface area contributed by atoms with Crippen LogP contribution in [0, 0.1) is 17.2 Å². The maximum absolute atomic E-state index is 8.69. The summed E-state index contributed by atoms with van der Waals surface area (Å²) in [5, 5.41) is 17.2. The average Bonchev–Trinajstić information content (AvgIpc) is 2.11. The van der Waals surface area contributed by atoms with Gasteiger partial charge in [0.25, 0.3) is 0 Å². The Balaban J connectivity index is 3.62. The Hall–Kier alpha value is -0.590. The first-order valence-electron chi connectivity index (χ1n) is 4.38. The second-order valence-electron chi connectivity index (χ2n) is 2.88. The maximum Gasteiger partial charge on any atom is 0.146 e. The molecule has 0 aliphatic rings. The third-order valence-electron chi connectivity index (χ3n) is 1.89. The van der Waals surface area contributed by atoms with Crippen LogP contribution in [0.4, 0.5) is 0 Å². The molecule has 12 heavy (non-hydrogen) atoms. The zero-order chi connectivity index (χ0) is 9.40. The molecule has 0 amide bonds. The quantitative estimate of drug-likeness (QED) is 0.613. The van der Waals surface area contributed by atoms with Crippen molar-refractivity contribution in [2.45, 2.75) is 32.8 Å². The van der Waals surface area contributed by atoms with Crippen molar-refractivity contribution in [3.63, 3.8) is 0 Å². The molecular formula is C9H17NO2. The Morgan fingerprint density at radius 3 is 2.67 bits per heavy atom. The lowest BCUT2D eigenvalue weighted by Gasteiger charge is -2.15. The van der Waals surface area contributed by atoms with E-state index in [2.05, 4.69) is 6.07 Å². The molecule has 0 fully saturated rings. The van der Waals surface area contributed by atoms with E-state index in [1.54, 1.807) is 0 Å². The molecule has 0 aromatic heterocycles. The number of aliphatic hydroxyl groups is 1. The van der Waals surface area contributed by atoms with E-state index in [4.69, 9.17) is 15.1 Å². The number of hydrogen-bond donors (Lipinski definition) is 1. The molecule has 0 aromatic rings. The van der Waals surface area contributed by atoms with Gasteiger partial charge in [-0.25, -0.2) is 0 Å². The van der Waals surface area contributed by atoms with Crippen LogP contribution in [0.15, 0.2) is 0 Å². The summed E-state index contributed by atoms with van der Waals surface area (Å²) >= 11 is 0. The Morgan fingerprint density at radius 2 is 2.25 bits per heavy atom. The van der Waals surface area contributed by atoms with Gasteiger partial charge in [-0.2, -0.15) is 5.26 Å². The number of nitrogens with zero attached hydrogens (tertiary/aromatic N) is 1. The van der Waals surface area contributed by atoms with Gasteiger partial charge in [-0.05, 0) is 12.3 Å². The number of hydrogen-bond acceptors (Lipinski definition) is 3. The van der Waals surface area contributed by atoms with Crippen LogP contribution in [0.1, 0.15) is 26.7 Å². The first kappa shape index (κ1) is 11.4. The Kier molecular flexibility index (Phi) is 6.73.